The summed E-state index contributed by atoms with van der Waals surface area (Å²) in [5.41, 5.74) is 0.0551. The summed E-state index contributed by atoms with van der Waals surface area (Å²) in [4.78, 5) is 0. The molecule has 0 saturated heterocycles. The third-order valence-electron chi connectivity index (χ3n) is 1.81. The van der Waals surface area contributed by atoms with Gasteiger partial charge in [-0.25, -0.2) is 0 Å². The molecule has 0 N–H and O–H groups in total. The lowest BCUT2D eigenvalue weighted by Crippen LogP contribution is -2.06. The molecule has 0 aliphatic carbocycles. The lowest BCUT2D eigenvalue weighted by atomic mass is 10.1. The summed E-state index contributed by atoms with van der Waals surface area (Å²) in [6.07, 6.45) is -4.32. The Kier molecular flexibility index (Phi) is 4.16. The van der Waals surface area contributed by atoms with Crippen LogP contribution in [0.3, 0.4) is 0 Å². The standard InChI is InChI=1S/C10H10BrF3O/c1-2-15-6-7-3-4-8(9(11)5-7)10(12,13)14/h3-5H,2,6H2,1H3. The van der Waals surface area contributed by atoms with E-state index in [4.69, 9.17) is 4.74 Å². The third-order valence-corrected chi connectivity index (χ3v) is 2.47. The summed E-state index contributed by atoms with van der Waals surface area (Å²) in [5.74, 6) is 0. The zero-order chi connectivity index (χ0) is 11.5. The third kappa shape index (κ3) is 3.50. The van der Waals surface area contributed by atoms with E-state index in [2.05, 4.69) is 15.9 Å². The molecule has 0 saturated carbocycles. The van der Waals surface area contributed by atoms with E-state index in [-0.39, 0.29) is 4.47 Å². The average Bonchev–Trinajstić information content (AvgIpc) is 2.12. The predicted molar refractivity (Wildman–Crippen MR) is 54.5 cm³/mol. The van der Waals surface area contributed by atoms with Gasteiger partial charge < -0.3 is 4.74 Å². The summed E-state index contributed by atoms with van der Waals surface area (Å²) in [6.45, 7) is 2.70. The van der Waals surface area contributed by atoms with Crippen molar-refractivity contribution in [1.29, 1.82) is 0 Å². The van der Waals surface area contributed by atoms with Crippen LogP contribution in [0.1, 0.15) is 18.1 Å². The van der Waals surface area contributed by atoms with Gasteiger partial charge in [-0.1, -0.05) is 22.0 Å². The first-order valence-electron chi connectivity index (χ1n) is 4.38. The Balaban J connectivity index is 2.89. The van der Waals surface area contributed by atoms with Gasteiger partial charge in [0.1, 0.15) is 0 Å². The first-order chi connectivity index (χ1) is 6.95. The Bertz CT molecular complexity index is 336. The molecule has 0 amide bonds. The maximum absolute atomic E-state index is 12.4. The highest BCUT2D eigenvalue weighted by Gasteiger charge is 2.32. The van der Waals surface area contributed by atoms with Crippen molar-refractivity contribution < 1.29 is 17.9 Å². The van der Waals surface area contributed by atoms with Gasteiger partial charge in [-0.05, 0) is 24.6 Å². The average molecular weight is 283 g/mol. The van der Waals surface area contributed by atoms with Crippen LogP contribution in [0.2, 0.25) is 0 Å². The Morgan fingerprint density at radius 3 is 2.47 bits per heavy atom. The van der Waals surface area contributed by atoms with Gasteiger partial charge in [-0.15, -0.1) is 0 Å². The molecule has 1 rings (SSSR count). The Morgan fingerprint density at radius 1 is 1.33 bits per heavy atom. The van der Waals surface area contributed by atoms with E-state index in [0.29, 0.717) is 13.2 Å². The zero-order valence-electron chi connectivity index (χ0n) is 8.07. The monoisotopic (exact) mass is 282 g/mol. The molecule has 0 heterocycles. The predicted octanol–water partition coefficient (Wildman–Crippen LogP) is 4.00. The van der Waals surface area contributed by atoms with Gasteiger partial charge in [0.05, 0.1) is 12.2 Å². The van der Waals surface area contributed by atoms with Crippen LogP contribution in [0.4, 0.5) is 13.2 Å². The molecular formula is C10H10BrF3O. The fourth-order valence-corrected chi connectivity index (χ4v) is 1.75. The number of alkyl halides is 3. The topological polar surface area (TPSA) is 9.23 Å². The molecule has 1 aromatic carbocycles. The van der Waals surface area contributed by atoms with Crippen molar-refractivity contribution >= 4 is 15.9 Å². The molecule has 5 heteroatoms. The highest BCUT2D eigenvalue weighted by Crippen LogP contribution is 2.35. The first-order valence-corrected chi connectivity index (χ1v) is 5.17. The fraction of sp³-hybridized carbons (Fsp3) is 0.400. The molecule has 0 radical (unpaired) electrons. The lowest BCUT2D eigenvalue weighted by Gasteiger charge is -2.10. The van der Waals surface area contributed by atoms with Gasteiger partial charge in [0.2, 0.25) is 0 Å². The molecular weight excluding hydrogens is 273 g/mol. The van der Waals surface area contributed by atoms with E-state index in [1.54, 1.807) is 0 Å². The SMILES string of the molecule is CCOCc1ccc(C(F)(F)F)c(Br)c1. The molecule has 0 spiro atoms. The molecule has 0 atom stereocenters. The second-order valence-electron chi connectivity index (χ2n) is 2.95. The van der Waals surface area contributed by atoms with Crippen LogP contribution < -0.4 is 0 Å². The van der Waals surface area contributed by atoms with Crippen LogP contribution >= 0.6 is 15.9 Å². The summed E-state index contributed by atoms with van der Waals surface area (Å²) < 4.78 is 42.3. The Morgan fingerprint density at radius 2 is 2.00 bits per heavy atom. The molecule has 0 aliphatic heterocycles. The number of halogens is 4. The molecule has 15 heavy (non-hydrogen) atoms. The van der Waals surface area contributed by atoms with Crippen molar-refractivity contribution in [3.63, 3.8) is 0 Å². The number of hydrogen-bond acceptors (Lipinski definition) is 1. The van der Waals surface area contributed by atoms with Gasteiger partial charge in [0.25, 0.3) is 0 Å². The second kappa shape index (κ2) is 4.99. The van der Waals surface area contributed by atoms with Crippen molar-refractivity contribution in [1.82, 2.24) is 0 Å². The van der Waals surface area contributed by atoms with Gasteiger partial charge in [0, 0.05) is 11.1 Å². The smallest absolute Gasteiger partial charge is 0.377 e. The maximum Gasteiger partial charge on any atom is 0.417 e. The largest absolute Gasteiger partial charge is 0.417 e. The lowest BCUT2D eigenvalue weighted by molar-refractivity contribution is -0.138. The molecule has 1 aromatic rings. The highest BCUT2D eigenvalue weighted by atomic mass is 79.9. The Labute approximate surface area is 94.4 Å². The van der Waals surface area contributed by atoms with E-state index in [0.717, 1.165) is 11.6 Å². The van der Waals surface area contributed by atoms with Crippen molar-refractivity contribution in [2.24, 2.45) is 0 Å². The van der Waals surface area contributed by atoms with Crippen LogP contribution in [-0.2, 0) is 17.5 Å². The number of hydrogen-bond donors (Lipinski definition) is 0. The summed E-state index contributed by atoms with van der Waals surface area (Å²) in [5, 5.41) is 0. The van der Waals surface area contributed by atoms with Crippen LogP contribution in [0.5, 0.6) is 0 Å². The van der Waals surface area contributed by atoms with E-state index in [9.17, 15) is 13.2 Å². The van der Waals surface area contributed by atoms with Gasteiger partial charge in [-0.2, -0.15) is 13.2 Å². The first kappa shape index (κ1) is 12.5. The van der Waals surface area contributed by atoms with Crippen LogP contribution in [-0.4, -0.2) is 6.61 Å². The summed E-state index contributed by atoms with van der Waals surface area (Å²) >= 11 is 2.90. The molecule has 84 valence electrons. The second-order valence-corrected chi connectivity index (χ2v) is 3.80. The van der Waals surface area contributed by atoms with E-state index in [1.165, 1.54) is 12.1 Å². The van der Waals surface area contributed by atoms with Crippen LogP contribution in [0.15, 0.2) is 22.7 Å². The van der Waals surface area contributed by atoms with Crippen LogP contribution in [0, 0.1) is 0 Å². The molecule has 0 aromatic heterocycles. The van der Waals surface area contributed by atoms with E-state index >= 15 is 0 Å². The molecule has 0 bridgehead atoms. The van der Waals surface area contributed by atoms with Crippen molar-refractivity contribution in [2.75, 3.05) is 6.61 Å². The van der Waals surface area contributed by atoms with E-state index < -0.39 is 11.7 Å². The molecule has 1 nitrogen and oxygen atoms in total. The number of benzene rings is 1. The van der Waals surface area contributed by atoms with Crippen molar-refractivity contribution in [2.45, 2.75) is 19.7 Å². The van der Waals surface area contributed by atoms with E-state index in [1.807, 2.05) is 6.92 Å². The van der Waals surface area contributed by atoms with Gasteiger partial charge in [-0.3, -0.25) is 0 Å². The quantitative estimate of drug-likeness (QED) is 0.814. The summed E-state index contributed by atoms with van der Waals surface area (Å²) in [6, 6.07) is 3.90. The zero-order valence-corrected chi connectivity index (χ0v) is 9.65. The van der Waals surface area contributed by atoms with Gasteiger partial charge >= 0.3 is 6.18 Å². The number of ether oxygens (including phenoxy) is 1. The van der Waals surface area contributed by atoms with Gasteiger partial charge in [0.15, 0.2) is 0 Å². The highest BCUT2D eigenvalue weighted by molar-refractivity contribution is 9.10. The molecule has 0 aliphatic rings. The molecule has 0 fully saturated rings. The fourth-order valence-electron chi connectivity index (χ4n) is 1.10. The van der Waals surface area contributed by atoms with Crippen LogP contribution in [0.25, 0.3) is 0 Å². The normalized spacial score (nSPS) is 11.8. The minimum absolute atomic E-state index is 0.0483. The minimum atomic E-state index is -4.32. The van der Waals surface area contributed by atoms with Crippen molar-refractivity contribution in [3.8, 4) is 0 Å². The number of rotatable bonds is 3. The van der Waals surface area contributed by atoms with Crippen molar-refractivity contribution in [3.05, 3.63) is 33.8 Å². The maximum atomic E-state index is 12.4. The molecule has 0 unspecified atom stereocenters. The summed E-state index contributed by atoms with van der Waals surface area (Å²) in [7, 11) is 0. The minimum Gasteiger partial charge on any atom is -0.377 e. The Hall–Kier alpha value is -0.550.